The van der Waals surface area contributed by atoms with Crippen molar-refractivity contribution in [2.45, 2.75) is 50.7 Å². The van der Waals surface area contributed by atoms with E-state index in [4.69, 9.17) is 9.52 Å². The number of sulfonamides is 1. The Morgan fingerprint density at radius 1 is 1.56 bits per heavy atom. The van der Waals surface area contributed by atoms with Crippen molar-refractivity contribution in [3.63, 3.8) is 0 Å². The maximum Gasteiger partial charge on any atom is 0.244 e. The maximum absolute atomic E-state index is 12.2. The van der Waals surface area contributed by atoms with E-state index < -0.39 is 10.0 Å². The minimum Gasteiger partial charge on any atom is -0.462 e. The van der Waals surface area contributed by atoms with E-state index in [1.54, 1.807) is 6.92 Å². The molecule has 1 fully saturated rings. The molecule has 0 aliphatic heterocycles. The van der Waals surface area contributed by atoms with Crippen LogP contribution in [0.15, 0.2) is 15.4 Å². The third-order valence-electron chi connectivity index (χ3n) is 3.57. The molecule has 6 heteroatoms. The van der Waals surface area contributed by atoms with Crippen molar-refractivity contribution in [2.75, 3.05) is 0 Å². The monoisotopic (exact) mass is 273 g/mol. The summed E-state index contributed by atoms with van der Waals surface area (Å²) in [5.74, 6) is 1.01. The minimum absolute atomic E-state index is 0.0596. The summed E-state index contributed by atoms with van der Waals surface area (Å²) in [5.41, 5.74) is 0. The predicted octanol–water partition coefficient (Wildman–Crippen LogP) is 1.55. The molecule has 2 rings (SSSR count). The van der Waals surface area contributed by atoms with E-state index in [1.807, 2.05) is 6.92 Å². The lowest BCUT2D eigenvalue weighted by Crippen LogP contribution is -2.40. The average Bonchev–Trinajstić information content (AvgIpc) is 2.56. The quantitative estimate of drug-likeness (QED) is 0.853. The van der Waals surface area contributed by atoms with Crippen LogP contribution >= 0.6 is 0 Å². The Morgan fingerprint density at radius 2 is 2.22 bits per heavy atom. The van der Waals surface area contributed by atoms with E-state index in [-0.39, 0.29) is 23.3 Å². The van der Waals surface area contributed by atoms with Gasteiger partial charge in [0, 0.05) is 12.1 Å². The highest BCUT2D eigenvalue weighted by molar-refractivity contribution is 7.89. The summed E-state index contributed by atoms with van der Waals surface area (Å²) in [6.07, 6.45) is 3.34. The first kappa shape index (κ1) is 13.6. The van der Waals surface area contributed by atoms with Gasteiger partial charge in [-0.15, -0.1) is 0 Å². The van der Waals surface area contributed by atoms with E-state index in [9.17, 15) is 8.42 Å². The number of hydrogen-bond donors (Lipinski definition) is 2. The zero-order chi connectivity index (χ0) is 13.3. The Morgan fingerprint density at radius 3 is 2.67 bits per heavy atom. The van der Waals surface area contributed by atoms with Crippen molar-refractivity contribution < 1.29 is 17.9 Å². The molecule has 1 atom stereocenters. The molecule has 102 valence electrons. The first-order valence-electron chi connectivity index (χ1n) is 6.16. The highest BCUT2D eigenvalue weighted by Crippen LogP contribution is 2.30. The van der Waals surface area contributed by atoms with Gasteiger partial charge >= 0.3 is 0 Å². The summed E-state index contributed by atoms with van der Waals surface area (Å²) in [6, 6.07) is 1.32. The Bertz CT molecular complexity index is 516. The van der Waals surface area contributed by atoms with E-state index in [0.29, 0.717) is 11.7 Å². The van der Waals surface area contributed by atoms with Crippen molar-refractivity contribution >= 4 is 10.0 Å². The number of rotatable bonds is 5. The van der Waals surface area contributed by atoms with Gasteiger partial charge in [0.1, 0.15) is 23.0 Å². The van der Waals surface area contributed by atoms with Crippen LogP contribution in [0.4, 0.5) is 0 Å². The number of furan rings is 1. The molecule has 5 nitrogen and oxygen atoms in total. The zero-order valence-corrected chi connectivity index (χ0v) is 11.5. The second-order valence-electron chi connectivity index (χ2n) is 4.89. The molecule has 1 heterocycles. The first-order chi connectivity index (χ1) is 8.44. The van der Waals surface area contributed by atoms with E-state index in [2.05, 4.69) is 4.72 Å². The van der Waals surface area contributed by atoms with Gasteiger partial charge in [-0.05, 0) is 32.6 Å². The third-order valence-corrected chi connectivity index (χ3v) is 5.23. The molecule has 0 radical (unpaired) electrons. The molecule has 1 saturated carbocycles. The van der Waals surface area contributed by atoms with Crippen LogP contribution in [0, 0.1) is 12.8 Å². The smallest absolute Gasteiger partial charge is 0.244 e. The standard InChI is InChI=1S/C12H19NO4S/c1-8(10-4-3-5-10)13-18(15,16)12-6-11(7-14)17-9(12)2/h6,8,10,13-14H,3-5,7H2,1-2H3. The Hall–Kier alpha value is -0.850. The predicted molar refractivity (Wildman–Crippen MR) is 66.5 cm³/mol. The van der Waals surface area contributed by atoms with Crippen molar-refractivity contribution in [1.82, 2.24) is 4.72 Å². The molecule has 1 aliphatic carbocycles. The van der Waals surface area contributed by atoms with Crippen molar-refractivity contribution in [3.8, 4) is 0 Å². The molecular formula is C12H19NO4S. The number of aryl methyl sites for hydroxylation is 1. The second kappa shape index (κ2) is 5.03. The van der Waals surface area contributed by atoms with Gasteiger partial charge in [0.25, 0.3) is 0 Å². The van der Waals surface area contributed by atoms with Gasteiger partial charge in [-0.3, -0.25) is 0 Å². The Kier molecular flexibility index (Phi) is 3.79. The van der Waals surface area contributed by atoms with Gasteiger partial charge in [-0.25, -0.2) is 13.1 Å². The van der Waals surface area contributed by atoms with Crippen LogP contribution in [-0.4, -0.2) is 19.6 Å². The van der Waals surface area contributed by atoms with Crippen LogP contribution in [0.1, 0.15) is 37.7 Å². The lowest BCUT2D eigenvalue weighted by molar-refractivity contribution is 0.244. The average molecular weight is 273 g/mol. The van der Waals surface area contributed by atoms with Gasteiger partial charge in [-0.1, -0.05) is 6.42 Å². The molecule has 0 saturated heterocycles. The highest BCUT2D eigenvalue weighted by Gasteiger charge is 2.29. The lowest BCUT2D eigenvalue weighted by Gasteiger charge is -2.31. The van der Waals surface area contributed by atoms with Crippen LogP contribution in [0.2, 0.25) is 0 Å². The number of hydrogen-bond acceptors (Lipinski definition) is 4. The second-order valence-corrected chi connectivity index (χ2v) is 6.57. The van der Waals surface area contributed by atoms with Crippen molar-refractivity contribution in [3.05, 3.63) is 17.6 Å². The Labute approximate surface area is 107 Å². The zero-order valence-electron chi connectivity index (χ0n) is 10.6. The van der Waals surface area contributed by atoms with Crippen LogP contribution in [0.25, 0.3) is 0 Å². The fraction of sp³-hybridized carbons (Fsp3) is 0.667. The SMILES string of the molecule is Cc1oc(CO)cc1S(=O)(=O)NC(C)C1CCC1. The largest absolute Gasteiger partial charge is 0.462 e. The van der Waals surface area contributed by atoms with Crippen LogP contribution in [0.3, 0.4) is 0 Å². The van der Waals surface area contributed by atoms with Gasteiger partial charge in [-0.2, -0.15) is 0 Å². The number of aliphatic hydroxyl groups is 1. The molecule has 1 aliphatic rings. The fourth-order valence-electron chi connectivity index (χ4n) is 2.21. The molecule has 1 aromatic heterocycles. The minimum atomic E-state index is -3.56. The van der Waals surface area contributed by atoms with Crippen LogP contribution in [-0.2, 0) is 16.6 Å². The fourth-order valence-corrected chi connectivity index (χ4v) is 3.73. The topological polar surface area (TPSA) is 79.5 Å². The lowest BCUT2D eigenvalue weighted by atomic mass is 9.81. The molecule has 0 spiro atoms. The van der Waals surface area contributed by atoms with Gasteiger partial charge < -0.3 is 9.52 Å². The summed E-state index contributed by atoms with van der Waals surface area (Å²) in [7, 11) is -3.56. The summed E-state index contributed by atoms with van der Waals surface area (Å²) in [6.45, 7) is 3.18. The molecule has 1 unspecified atom stereocenters. The highest BCUT2D eigenvalue weighted by atomic mass is 32.2. The van der Waals surface area contributed by atoms with E-state index in [0.717, 1.165) is 12.8 Å². The van der Waals surface area contributed by atoms with Crippen LogP contribution < -0.4 is 4.72 Å². The van der Waals surface area contributed by atoms with E-state index in [1.165, 1.54) is 12.5 Å². The molecule has 0 amide bonds. The number of aliphatic hydroxyl groups excluding tert-OH is 1. The molecule has 2 N–H and O–H groups in total. The molecule has 0 aromatic carbocycles. The van der Waals surface area contributed by atoms with E-state index >= 15 is 0 Å². The van der Waals surface area contributed by atoms with Crippen molar-refractivity contribution in [1.29, 1.82) is 0 Å². The summed E-state index contributed by atoms with van der Waals surface area (Å²) in [4.78, 5) is 0.123. The normalized spacial score (nSPS) is 18.6. The van der Waals surface area contributed by atoms with Gasteiger partial charge in [0.2, 0.25) is 10.0 Å². The first-order valence-corrected chi connectivity index (χ1v) is 7.65. The summed E-state index contributed by atoms with van der Waals surface area (Å²) in [5, 5.41) is 8.95. The molecule has 1 aromatic rings. The molecule has 0 bridgehead atoms. The molecule has 18 heavy (non-hydrogen) atoms. The van der Waals surface area contributed by atoms with Crippen molar-refractivity contribution in [2.24, 2.45) is 5.92 Å². The summed E-state index contributed by atoms with van der Waals surface area (Å²) < 4.78 is 32.2. The molecular weight excluding hydrogens is 254 g/mol. The maximum atomic E-state index is 12.2. The summed E-state index contributed by atoms with van der Waals surface area (Å²) >= 11 is 0. The Balaban J connectivity index is 2.16. The number of nitrogens with one attached hydrogen (secondary N) is 1. The van der Waals surface area contributed by atoms with Gasteiger partial charge in [0.15, 0.2) is 0 Å². The third kappa shape index (κ3) is 2.60. The van der Waals surface area contributed by atoms with Crippen LogP contribution in [0.5, 0.6) is 0 Å². The van der Waals surface area contributed by atoms with Gasteiger partial charge in [0.05, 0.1) is 0 Å².